The van der Waals surface area contributed by atoms with Crippen molar-refractivity contribution in [2.45, 2.75) is 71.6 Å². The monoisotopic (exact) mass is 330 g/mol. The summed E-state index contributed by atoms with van der Waals surface area (Å²) in [4.78, 5) is 0. The SMILES string of the molecule is CCCC[C-]=C1CCCC1=[C-]CCCC.[Cu+].[Cu+]. The summed E-state index contributed by atoms with van der Waals surface area (Å²) in [6.45, 7) is 4.48. The molecular formula is C15H24Cu2. The van der Waals surface area contributed by atoms with Crippen LogP contribution in [0.15, 0.2) is 11.1 Å². The molecule has 0 spiro atoms. The summed E-state index contributed by atoms with van der Waals surface area (Å²) in [6.07, 6.45) is 18.4. The van der Waals surface area contributed by atoms with Crippen LogP contribution in [-0.2, 0) is 34.1 Å². The van der Waals surface area contributed by atoms with Crippen LogP contribution in [0.2, 0.25) is 0 Å². The number of hydrogen-bond donors (Lipinski definition) is 0. The average molecular weight is 331 g/mol. The van der Waals surface area contributed by atoms with Gasteiger partial charge in [-0.3, -0.25) is 0 Å². The van der Waals surface area contributed by atoms with Gasteiger partial charge >= 0.3 is 34.1 Å². The molecule has 0 nitrogen and oxygen atoms in total. The van der Waals surface area contributed by atoms with Gasteiger partial charge in [0.15, 0.2) is 0 Å². The van der Waals surface area contributed by atoms with Crippen molar-refractivity contribution in [1.29, 1.82) is 0 Å². The molecule has 0 aromatic rings. The topological polar surface area (TPSA) is 0 Å². The van der Waals surface area contributed by atoms with Gasteiger partial charge in [-0.2, -0.15) is 0 Å². The Kier molecular flexibility index (Phi) is 15.1. The fourth-order valence-electron chi connectivity index (χ4n) is 1.97. The Hall–Kier alpha value is 0.519. The molecule has 0 N–H and O–H groups in total. The molecule has 17 heavy (non-hydrogen) atoms. The fourth-order valence-corrected chi connectivity index (χ4v) is 1.97. The first-order valence-corrected chi connectivity index (χ1v) is 6.58. The minimum Gasteiger partial charge on any atom is -0.373 e. The molecular weight excluding hydrogens is 307 g/mol. The van der Waals surface area contributed by atoms with Gasteiger partial charge in [-0.25, -0.2) is 0 Å². The van der Waals surface area contributed by atoms with Gasteiger partial charge < -0.3 is 23.3 Å². The molecule has 0 bridgehead atoms. The zero-order valence-electron chi connectivity index (χ0n) is 11.0. The summed E-state index contributed by atoms with van der Waals surface area (Å²) >= 11 is 0. The van der Waals surface area contributed by atoms with E-state index in [-0.39, 0.29) is 34.1 Å². The van der Waals surface area contributed by atoms with E-state index < -0.39 is 0 Å². The molecule has 1 aliphatic carbocycles. The summed E-state index contributed by atoms with van der Waals surface area (Å²) in [5.41, 5.74) is 2.97. The van der Waals surface area contributed by atoms with E-state index in [0.29, 0.717) is 0 Å². The van der Waals surface area contributed by atoms with Crippen molar-refractivity contribution in [3.8, 4) is 0 Å². The van der Waals surface area contributed by atoms with Crippen LogP contribution >= 0.6 is 0 Å². The van der Waals surface area contributed by atoms with Crippen molar-refractivity contribution < 1.29 is 34.1 Å². The largest absolute Gasteiger partial charge is 1.00 e. The van der Waals surface area contributed by atoms with E-state index in [1.165, 1.54) is 56.1 Å². The van der Waals surface area contributed by atoms with Gasteiger partial charge in [-0.15, -0.1) is 25.7 Å². The van der Waals surface area contributed by atoms with Gasteiger partial charge in [-0.05, 0) is 0 Å². The van der Waals surface area contributed by atoms with Gasteiger partial charge in [0.2, 0.25) is 0 Å². The van der Waals surface area contributed by atoms with Gasteiger partial charge in [-0.1, -0.05) is 46.0 Å². The second-order valence-corrected chi connectivity index (χ2v) is 4.37. The first kappa shape index (κ1) is 19.8. The van der Waals surface area contributed by atoms with E-state index in [0.717, 1.165) is 12.8 Å². The van der Waals surface area contributed by atoms with E-state index >= 15 is 0 Å². The molecule has 0 amide bonds. The summed E-state index contributed by atoms with van der Waals surface area (Å²) in [7, 11) is 0. The maximum absolute atomic E-state index is 3.58. The first-order valence-electron chi connectivity index (χ1n) is 6.58. The summed E-state index contributed by atoms with van der Waals surface area (Å²) < 4.78 is 0. The van der Waals surface area contributed by atoms with Crippen molar-refractivity contribution in [2.24, 2.45) is 0 Å². The van der Waals surface area contributed by atoms with Crippen LogP contribution in [0.25, 0.3) is 0 Å². The predicted molar refractivity (Wildman–Crippen MR) is 66.4 cm³/mol. The minimum atomic E-state index is 0. The third-order valence-corrected chi connectivity index (χ3v) is 2.96. The molecule has 1 rings (SSSR count). The smallest absolute Gasteiger partial charge is 0.373 e. The Balaban J connectivity index is 0. The summed E-state index contributed by atoms with van der Waals surface area (Å²) in [5, 5.41) is 0. The molecule has 1 aliphatic rings. The van der Waals surface area contributed by atoms with Crippen LogP contribution in [0.3, 0.4) is 0 Å². The maximum atomic E-state index is 3.58. The van der Waals surface area contributed by atoms with E-state index in [1.807, 2.05) is 0 Å². The molecule has 106 valence electrons. The van der Waals surface area contributed by atoms with Crippen LogP contribution in [0.4, 0.5) is 0 Å². The van der Waals surface area contributed by atoms with E-state index in [2.05, 4.69) is 26.0 Å². The van der Waals surface area contributed by atoms with Gasteiger partial charge in [0, 0.05) is 0 Å². The number of rotatable bonds is 6. The Labute approximate surface area is 129 Å². The molecule has 1 fully saturated rings. The van der Waals surface area contributed by atoms with Crippen molar-refractivity contribution in [1.82, 2.24) is 0 Å². The Morgan fingerprint density at radius 1 is 0.824 bits per heavy atom. The van der Waals surface area contributed by atoms with Crippen molar-refractivity contribution in [3.05, 3.63) is 23.3 Å². The molecule has 0 aromatic carbocycles. The summed E-state index contributed by atoms with van der Waals surface area (Å²) in [5.74, 6) is 0. The second kappa shape index (κ2) is 13.0. The van der Waals surface area contributed by atoms with Crippen LogP contribution in [-0.4, -0.2) is 0 Å². The number of allylic oxidation sites excluding steroid dienone is 4. The van der Waals surface area contributed by atoms with Gasteiger partial charge in [0.25, 0.3) is 0 Å². The normalized spacial score (nSPS) is 19.2. The fraction of sp³-hybridized carbons (Fsp3) is 0.733. The zero-order valence-corrected chi connectivity index (χ0v) is 12.9. The second-order valence-electron chi connectivity index (χ2n) is 4.37. The standard InChI is InChI=1S/C15H24.2Cu/c1-3-5-7-10-14-12-9-13-15(14)11-8-6-4-2;;/h3-9,12-13H2,1-2H3;;/q-2;2*+1. The molecule has 1 saturated carbocycles. The Morgan fingerprint density at radius 2 is 1.24 bits per heavy atom. The van der Waals surface area contributed by atoms with Crippen molar-refractivity contribution >= 4 is 0 Å². The zero-order chi connectivity index (χ0) is 10.9. The molecule has 0 aromatic heterocycles. The molecule has 0 radical (unpaired) electrons. The average Bonchev–Trinajstić information content (AvgIpc) is 2.67. The molecule has 0 aliphatic heterocycles. The van der Waals surface area contributed by atoms with Crippen molar-refractivity contribution in [2.75, 3.05) is 0 Å². The Morgan fingerprint density at radius 3 is 1.59 bits per heavy atom. The Bertz CT molecular complexity index is 205. The van der Waals surface area contributed by atoms with Gasteiger partial charge in [0.1, 0.15) is 0 Å². The summed E-state index contributed by atoms with van der Waals surface area (Å²) in [6, 6.07) is 0. The van der Waals surface area contributed by atoms with Crippen LogP contribution in [0.5, 0.6) is 0 Å². The van der Waals surface area contributed by atoms with E-state index in [1.54, 1.807) is 0 Å². The third-order valence-electron chi connectivity index (χ3n) is 2.96. The van der Waals surface area contributed by atoms with E-state index in [4.69, 9.17) is 0 Å². The van der Waals surface area contributed by atoms with Crippen molar-refractivity contribution in [3.63, 3.8) is 0 Å². The van der Waals surface area contributed by atoms with E-state index in [9.17, 15) is 0 Å². The molecule has 0 heterocycles. The van der Waals surface area contributed by atoms with Crippen LogP contribution in [0.1, 0.15) is 71.6 Å². The molecule has 0 atom stereocenters. The third kappa shape index (κ3) is 8.27. The minimum absolute atomic E-state index is 0. The van der Waals surface area contributed by atoms with Gasteiger partial charge in [0.05, 0.1) is 0 Å². The predicted octanol–water partition coefficient (Wildman–Crippen LogP) is 5.00. The maximum Gasteiger partial charge on any atom is 1.00 e. The number of unbranched alkanes of at least 4 members (excludes halogenated alkanes) is 4. The number of hydrogen-bond acceptors (Lipinski definition) is 0. The molecule has 0 unspecified atom stereocenters. The van der Waals surface area contributed by atoms with Crippen LogP contribution < -0.4 is 0 Å². The molecule has 0 saturated heterocycles. The first-order chi connectivity index (χ1) is 7.38. The molecule has 2 heteroatoms. The quantitative estimate of drug-likeness (QED) is 0.365. The van der Waals surface area contributed by atoms with Crippen LogP contribution in [0, 0.1) is 12.2 Å².